The summed E-state index contributed by atoms with van der Waals surface area (Å²) in [7, 11) is 4.47. The highest BCUT2D eigenvalue weighted by atomic mass is 16.4. The fourth-order valence-electron chi connectivity index (χ4n) is 1.26. The van der Waals surface area contributed by atoms with E-state index in [1.54, 1.807) is 12.3 Å². The van der Waals surface area contributed by atoms with Crippen LogP contribution in [-0.4, -0.2) is 40.7 Å². The molecule has 0 aromatic carbocycles. The molecule has 13 heavy (non-hydrogen) atoms. The predicted molar refractivity (Wildman–Crippen MR) is 52.6 cm³/mol. The molecule has 2 N–H and O–H groups in total. The van der Waals surface area contributed by atoms with E-state index in [0.29, 0.717) is 5.46 Å². The molecule has 0 saturated heterocycles. The SMILES string of the molecule is CN(C)Cc1cc(B(O)O)cn1C. The van der Waals surface area contributed by atoms with Crippen LogP contribution < -0.4 is 5.46 Å². The molecule has 0 atom stereocenters. The third kappa shape index (κ3) is 2.58. The third-order valence-electron chi connectivity index (χ3n) is 1.91. The second kappa shape index (κ2) is 3.96. The third-order valence-corrected chi connectivity index (χ3v) is 1.91. The van der Waals surface area contributed by atoms with E-state index in [-0.39, 0.29) is 0 Å². The van der Waals surface area contributed by atoms with Crippen LogP contribution in [0, 0.1) is 0 Å². The normalized spacial score (nSPS) is 10.9. The van der Waals surface area contributed by atoms with Crippen molar-refractivity contribution < 1.29 is 10.0 Å². The predicted octanol–water partition coefficient (Wildman–Crippen LogP) is -1.23. The number of nitrogens with zero attached hydrogens (tertiary/aromatic N) is 2. The van der Waals surface area contributed by atoms with Gasteiger partial charge in [-0.1, -0.05) is 0 Å². The van der Waals surface area contributed by atoms with Gasteiger partial charge in [0.2, 0.25) is 0 Å². The average molecular weight is 182 g/mol. The molecule has 0 radical (unpaired) electrons. The molecule has 0 amide bonds. The van der Waals surface area contributed by atoms with Crippen molar-refractivity contribution in [2.24, 2.45) is 7.05 Å². The van der Waals surface area contributed by atoms with E-state index in [1.165, 1.54) is 0 Å². The van der Waals surface area contributed by atoms with Crippen molar-refractivity contribution in [1.82, 2.24) is 9.47 Å². The maximum atomic E-state index is 8.92. The molecule has 0 aliphatic carbocycles. The van der Waals surface area contributed by atoms with E-state index in [9.17, 15) is 0 Å². The first-order chi connectivity index (χ1) is 6.00. The molecule has 0 saturated carbocycles. The molecule has 1 aromatic rings. The summed E-state index contributed by atoms with van der Waals surface area (Å²) in [5.41, 5.74) is 1.60. The van der Waals surface area contributed by atoms with Gasteiger partial charge in [0.25, 0.3) is 0 Å². The summed E-state index contributed by atoms with van der Waals surface area (Å²) >= 11 is 0. The molecule has 5 heteroatoms. The summed E-state index contributed by atoms with van der Waals surface area (Å²) in [5, 5.41) is 17.8. The van der Waals surface area contributed by atoms with Gasteiger partial charge in [0, 0.05) is 30.9 Å². The fraction of sp³-hybridized carbons (Fsp3) is 0.500. The van der Waals surface area contributed by atoms with E-state index in [0.717, 1.165) is 12.2 Å². The molecule has 0 fully saturated rings. The molecule has 0 spiro atoms. The molecule has 0 aliphatic rings. The second-order valence-electron chi connectivity index (χ2n) is 3.49. The highest BCUT2D eigenvalue weighted by Gasteiger charge is 2.14. The molecular formula is C8H15BN2O2. The quantitative estimate of drug-likeness (QED) is 0.575. The minimum Gasteiger partial charge on any atom is -0.423 e. The molecule has 0 aliphatic heterocycles. The number of rotatable bonds is 3. The first kappa shape index (κ1) is 10.3. The number of aryl methyl sites for hydroxylation is 1. The van der Waals surface area contributed by atoms with Crippen LogP contribution in [0.25, 0.3) is 0 Å². The van der Waals surface area contributed by atoms with Gasteiger partial charge in [0.15, 0.2) is 0 Å². The maximum absolute atomic E-state index is 8.92. The van der Waals surface area contributed by atoms with Gasteiger partial charge >= 0.3 is 7.12 Å². The topological polar surface area (TPSA) is 48.6 Å². The first-order valence-electron chi connectivity index (χ1n) is 4.16. The van der Waals surface area contributed by atoms with E-state index in [4.69, 9.17) is 10.0 Å². The van der Waals surface area contributed by atoms with Crippen molar-refractivity contribution >= 4 is 12.6 Å². The largest absolute Gasteiger partial charge is 0.489 e. The summed E-state index contributed by atoms with van der Waals surface area (Å²) in [6, 6.07) is 1.80. The minimum absolute atomic E-state index is 0.541. The Bertz CT molecular complexity index is 284. The zero-order valence-electron chi connectivity index (χ0n) is 8.23. The molecule has 1 rings (SSSR count). The lowest BCUT2D eigenvalue weighted by atomic mass is 9.82. The van der Waals surface area contributed by atoms with Crippen LogP contribution in [0.4, 0.5) is 0 Å². The van der Waals surface area contributed by atoms with Gasteiger partial charge in [-0.25, -0.2) is 0 Å². The molecule has 4 nitrogen and oxygen atoms in total. The summed E-state index contributed by atoms with van der Waals surface area (Å²) in [5.74, 6) is 0. The lowest BCUT2D eigenvalue weighted by molar-refractivity contribution is 0.391. The van der Waals surface area contributed by atoms with Crippen molar-refractivity contribution in [2.75, 3.05) is 14.1 Å². The highest BCUT2D eigenvalue weighted by Crippen LogP contribution is 2.00. The van der Waals surface area contributed by atoms with E-state index >= 15 is 0 Å². The van der Waals surface area contributed by atoms with Crippen LogP contribution in [-0.2, 0) is 13.6 Å². The van der Waals surface area contributed by atoms with Crippen molar-refractivity contribution in [3.05, 3.63) is 18.0 Å². The highest BCUT2D eigenvalue weighted by molar-refractivity contribution is 6.58. The Morgan fingerprint density at radius 1 is 1.46 bits per heavy atom. The van der Waals surface area contributed by atoms with Crippen molar-refractivity contribution in [2.45, 2.75) is 6.54 Å². The molecule has 0 bridgehead atoms. The Hall–Kier alpha value is -0.775. The molecule has 1 heterocycles. The summed E-state index contributed by atoms with van der Waals surface area (Å²) in [6.45, 7) is 0.795. The Balaban J connectivity index is 2.83. The van der Waals surface area contributed by atoms with Crippen LogP contribution in [0.2, 0.25) is 0 Å². The van der Waals surface area contributed by atoms with Crippen molar-refractivity contribution in [3.63, 3.8) is 0 Å². The second-order valence-corrected chi connectivity index (χ2v) is 3.49. The Morgan fingerprint density at radius 3 is 2.46 bits per heavy atom. The fourth-order valence-corrected chi connectivity index (χ4v) is 1.26. The van der Waals surface area contributed by atoms with Crippen molar-refractivity contribution in [1.29, 1.82) is 0 Å². The number of aromatic nitrogens is 1. The Morgan fingerprint density at radius 2 is 2.08 bits per heavy atom. The average Bonchev–Trinajstić information content (AvgIpc) is 2.31. The number of hydrogen-bond acceptors (Lipinski definition) is 3. The van der Waals surface area contributed by atoms with E-state index in [2.05, 4.69) is 0 Å². The Kier molecular flexibility index (Phi) is 3.14. The molecule has 72 valence electrons. The van der Waals surface area contributed by atoms with Gasteiger partial charge in [0.1, 0.15) is 0 Å². The molecule has 1 aromatic heterocycles. The summed E-state index contributed by atoms with van der Waals surface area (Å²) in [4.78, 5) is 2.03. The van der Waals surface area contributed by atoms with Gasteiger partial charge in [-0.2, -0.15) is 0 Å². The smallest absolute Gasteiger partial charge is 0.423 e. The van der Waals surface area contributed by atoms with Crippen LogP contribution in [0.15, 0.2) is 12.3 Å². The van der Waals surface area contributed by atoms with E-state index in [1.807, 2.05) is 30.6 Å². The zero-order chi connectivity index (χ0) is 10.0. The van der Waals surface area contributed by atoms with Crippen molar-refractivity contribution in [3.8, 4) is 0 Å². The minimum atomic E-state index is -1.37. The lowest BCUT2D eigenvalue weighted by Gasteiger charge is -2.09. The number of hydrogen-bond donors (Lipinski definition) is 2. The van der Waals surface area contributed by atoms with Gasteiger partial charge in [0.05, 0.1) is 0 Å². The standard InChI is InChI=1S/C8H15BN2O2/c1-10(2)6-8-4-7(9(12)13)5-11(8)3/h4-5,12-13H,6H2,1-3H3. The Labute approximate surface area is 78.6 Å². The van der Waals surface area contributed by atoms with Gasteiger partial charge in [-0.05, 0) is 20.2 Å². The lowest BCUT2D eigenvalue weighted by Crippen LogP contribution is -2.28. The maximum Gasteiger partial charge on any atom is 0.489 e. The monoisotopic (exact) mass is 182 g/mol. The molecular weight excluding hydrogens is 167 g/mol. The van der Waals surface area contributed by atoms with Crippen LogP contribution in [0.1, 0.15) is 5.69 Å². The van der Waals surface area contributed by atoms with Gasteiger partial charge < -0.3 is 19.5 Å². The van der Waals surface area contributed by atoms with Crippen LogP contribution in [0.3, 0.4) is 0 Å². The van der Waals surface area contributed by atoms with Gasteiger partial charge in [-0.3, -0.25) is 0 Å². The molecule has 0 unspecified atom stereocenters. The summed E-state index contributed by atoms with van der Waals surface area (Å²) in [6.07, 6.45) is 1.73. The van der Waals surface area contributed by atoms with E-state index < -0.39 is 7.12 Å². The van der Waals surface area contributed by atoms with Crippen LogP contribution >= 0.6 is 0 Å². The zero-order valence-corrected chi connectivity index (χ0v) is 8.23. The van der Waals surface area contributed by atoms with Crippen LogP contribution in [0.5, 0.6) is 0 Å². The first-order valence-corrected chi connectivity index (χ1v) is 4.16. The van der Waals surface area contributed by atoms with Gasteiger partial charge in [-0.15, -0.1) is 0 Å². The summed E-state index contributed by atoms with van der Waals surface area (Å²) < 4.78 is 1.90.